The van der Waals surface area contributed by atoms with Crippen LogP contribution in [0.4, 0.5) is 0 Å². The summed E-state index contributed by atoms with van der Waals surface area (Å²) in [6.07, 6.45) is 9.68. The summed E-state index contributed by atoms with van der Waals surface area (Å²) in [5.74, 6) is 2.84. The van der Waals surface area contributed by atoms with Crippen LogP contribution >= 0.6 is 0 Å². The maximum atomic E-state index is 12.1. The summed E-state index contributed by atoms with van der Waals surface area (Å²) in [4.78, 5) is 7.04. The lowest BCUT2D eigenvalue weighted by molar-refractivity contribution is -0.0250. The van der Waals surface area contributed by atoms with Crippen molar-refractivity contribution in [1.82, 2.24) is 9.88 Å². The highest BCUT2D eigenvalue weighted by molar-refractivity contribution is 5.30. The van der Waals surface area contributed by atoms with Crippen LogP contribution in [0.25, 0.3) is 0 Å². The molecule has 2 heterocycles. The fourth-order valence-electron chi connectivity index (χ4n) is 5.97. The van der Waals surface area contributed by atoms with Gasteiger partial charge in [0.05, 0.1) is 12.7 Å². The van der Waals surface area contributed by atoms with E-state index >= 15 is 0 Å². The molecule has 2 aliphatic rings. The number of piperidine rings is 1. The Morgan fingerprint density at radius 3 is 2.43 bits per heavy atom. The average Bonchev–Trinajstić information content (AvgIpc) is 3.39. The Bertz CT molecular complexity index is 1050. The van der Waals surface area contributed by atoms with Crippen molar-refractivity contribution < 1.29 is 14.3 Å². The summed E-state index contributed by atoms with van der Waals surface area (Å²) in [6, 6.07) is 20.1. The van der Waals surface area contributed by atoms with E-state index < -0.39 is 5.60 Å². The standard InChI is InChI=1S/C30H38N2O3/c1-2-23-18-19-32(22-28(23)34-26-16-10-5-11-17-26)21-27-20-31-29(35-27)30(33,24-12-6-3-7-13-24)25-14-8-4-9-15-25/h3,5-7,10-13,16-17,20,23,25,28,33H,2,4,8-9,14-15,18-19,21-22H2,1H3/t23?,28-,30+/m1/s1. The highest BCUT2D eigenvalue weighted by Gasteiger charge is 2.44. The van der Waals surface area contributed by atoms with Gasteiger partial charge in [0.2, 0.25) is 5.89 Å². The number of ether oxygens (including phenoxy) is 1. The van der Waals surface area contributed by atoms with Crippen LogP contribution in [-0.4, -0.2) is 34.2 Å². The number of aliphatic hydroxyl groups is 1. The number of oxazole rings is 1. The van der Waals surface area contributed by atoms with Gasteiger partial charge in [-0.25, -0.2) is 4.98 Å². The molecule has 1 saturated heterocycles. The maximum absolute atomic E-state index is 12.1. The minimum atomic E-state index is -1.19. The van der Waals surface area contributed by atoms with Crippen LogP contribution in [0.15, 0.2) is 71.3 Å². The van der Waals surface area contributed by atoms with E-state index in [1.54, 1.807) is 0 Å². The lowest BCUT2D eigenvalue weighted by Gasteiger charge is -2.38. The molecule has 0 bridgehead atoms. The Kier molecular flexibility index (Phi) is 7.54. The Morgan fingerprint density at radius 2 is 1.71 bits per heavy atom. The number of rotatable bonds is 8. The fraction of sp³-hybridized carbons (Fsp3) is 0.500. The molecule has 1 aliphatic heterocycles. The van der Waals surface area contributed by atoms with Crippen molar-refractivity contribution in [3.8, 4) is 5.75 Å². The molecule has 2 fully saturated rings. The predicted octanol–water partition coefficient (Wildman–Crippen LogP) is 6.17. The molecule has 35 heavy (non-hydrogen) atoms. The summed E-state index contributed by atoms with van der Waals surface area (Å²) in [5.41, 5.74) is -0.311. The first-order valence-corrected chi connectivity index (χ1v) is 13.3. The maximum Gasteiger partial charge on any atom is 0.231 e. The van der Waals surface area contributed by atoms with Gasteiger partial charge >= 0.3 is 0 Å². The van der Waals surface area contributed by atoms with Crippen molar-refractivity contribution in [3.05, 3.63) is 84.1 Å². The van der Waals surface area contributed by atoms with Crippen molar-refractivity contribution in [3.63, 3.8) is 0 Å². The third-order valence-electron chi connectivity index (χ3n) is 8.00. The molecule has 3 atom stereocenters. The molecule has 3 aromatic rings. The molecule has 2 aromatic carbocycles. The van der Waals surface area contributed by atoms with Crippen molar-refractivity contribution in [2.24, 2.45) is 11.8 Å². The molecule has 1 aliphatic carbocycles. The molecule has 1 unspecified atom stereocenters. The highest BCUT2D eigenvalue weighted by Crippen LogP contribution is 2.43. The van der Waals surface area contributed by atoms with Gasteiger partial charge in [-0.05, 0) is 55.8 Å². The van der Waals surface area contributed by atoms with Crippen molar-refractivity contribution >= 4 is 0 Å². The molecule has 0 amide bonds. The zero-order valence-electron chi connectivity index (χ0n) is 20.8. The zero-order chi connectivity index (χ0) is 24.1. The number of para-hydroxylation sites is 1. The van der Waals surface area contributed by atoms with Gasteiger partial charge in [0.25, 0.3) is 0 Å². The first kappa shape index (κ1) is 24.1. The quantitative estimate of drug-likeness (QED) is 0.423. The van der Waals surface area contributed by atoms with Gasteiger partial charge in [0.1, 0.15) is 17.6 Å². The molecular weight excluding hydrogens is 436 g/mol. The van der Waals surface area contributed by atoms with E-state index in [4.69, 9.17) is 9.15 Å². The lowest BCUT2D eigenvalue weighted by atomic mass is 9.73. The fourth-order valence-corrected chi connectivity index (χ4v) is 5.97. The number of likely N-dealkylation sites (tertiary alicyclic amines) is 1. The molecular formula is C30H38N2O3. The Balaban J connectivity index is 1.32. The van der Waals surface area contributed by atoms with Crippen molar-refractivity contribution in [1.29, 1.82) is 0 Å². The van der Waals surface area contributed by atoms with Gasteiger partial charge < -0.3 is 14.3 Å². The van der Waals surface area contributed by atoms with Gasteiger partial charge in [-0.3, -0.25) is 4.90 Å². The highest BCUT2D eigenvalue weighted by atomic mass is 16.5. The van der Waals surface area contributed by atoms with Crippen molar-refractivity contribution in [2.45, 2.75) is 70.1 Å². The van der Waals surface area contributed by atoms with E-state index in [-0.39, 0.29) is 12.0 Å². The Hall–Kier alpha value is -2.63. The second kappa shape index (κ2) is 11.0. The number of hydrogen-bond donors (Lipinski definition) is 1. The molecule has 1 saturated carbocycles. The monoisotopic (exact) mass is 474 g/mol. The van der Waals surface area contributed by atoms with E-state index in [9.17, 15) is 5.11 Å². The van der Waals surface area contributed by atoms with Gasteiger partial charge in [0, 0.05) is 12.5 Å². The van der Waals surface area contributed by atoms with Crippen molar-refractivity contribution in [2.75, 3.05) is 13.1 Å². The lowest BCUT2D eigenvalue weighted by Crippen LogP contribution is -2.46. The summed E-state index contributed by atoms with van der Waals surface area (Å²) < 4.78 is 12.7. The summed E-state index contributed by atoms with van der Waals surface area (Å²) >= 11 is 0. The van der Waals surface area contributed by atoms with Gasteiger partial charge in [-0.15, -0.1) is 0 Å². The van der Waals surface area contributed by atoms with Crippen LogP contribution in [0.2, 0.25) is 0 Å². The minimum absolute atomic E-state index is 0.120. The third kappa shape index (κ3) is 5.31. The van der Waals surface area contributed by atoms with Crippen LogP contribution in [0.1, 0.15) is 69.1 Å². The van der Waals surface area contributed by atoms with Crippen LogP contribution in [0.3, 0.4) is 0 Å². The van der Waals surface area contributed by atoms with E-state index in [0.717, 1.165) is 68.7 Å². The second-order valence-electron chi connectivity index (χ2n) is 10.3. The zero-order valence-corrected chi connectivity index (χ0v) is 20.8. The molecule has 0 spiro atoms. The molecule has 1 N–H and O–H groups in total. The van der Waals surface area contributed by atoms with Gasteiger partial charge in [-0.2, -0.15) is 0 Å². The summed E-state index contributed by atoms with van der Waals surface area (Å²) in [7, 11) is 0. The van der Waals surface area contributed by atoms with E-state index in [1.807, 2.05) is 66.9 Å². The van der Waals surface area contributed by atoms with E-state index in [0.29, 0.717) is 18.4 Å². The van der Waals surface area contributed by atoms with Crippen LogP contribution in [0, 0.1) is 11.8 Å². The average molecular weight is 475 g/mol. The molecule has 5 rings (SSSR count). The molecule has 0 radical (unpaired) electrons. The SMILES string of the molecule is CCC1CCN(Cc2cnc([C@](O)(c3ccccc3)C3CCCCC3)o2)C[C@H]1Oc1ccccc1. The summed E-state index contributed by atoms with van der Waals surface area (Å²) in [5, 5.41) is 12.1. The largest absolute Gasteiger partial charge is 0.489 e. The number of hydrogen-bond acceptors (Lipinski definition) is 5. The van der Waals surface area contributed by atoms with Crippen LogP contribution in [0.5, 0.6) is 5.75 Å². The molecule has 5 nitrogen and oxygen atoms in total. The van der Waals surface area contributed by atoms with E-state index in [1.165, 1.54) is 6.42 Å². The van der Waals surface area contributed by atoms with Crippen LogP contribution < -0.4 is 4.74 Å². The topological polar surface area (TPSA) is 58.7 Å². The third-order valence-corrected chi connectivity index (χ3v) is 8.00. The Labute approximate surface area is 209 Å². The number of benzene rings is 2. The second-order valence-corrected chi connectivity index (χ2v) is 10.3. The Morgan fingerprint density at radius 1 is 1.00 bits per heavy atom. The number of aromatic nitrogens is 1. The molecule has 1 aromatic heterocycles. The summed E-state index contributed by atoms with van der Waals surface area (Å²) in [6.45, 7) is 4.79. The van der Waals surface area contributed by atoms with Gasteiger partial charge in [-0.1, -0.05) is 74.7 Å². The number of nitrogens with zero attached hydrogens (tertiary/aromatic N) is 2. The van der Waals surface area contributed by atoms with Crippen LogP contribution in [-0.2, 0) is 12.1 Å². The van der Waals surface area contributed by atoms with E-state index in [2.05, 4.69) is 16.8 Å². The smallest absolute Gasteiger partial charge is 0.231 e. The van der Waals surface area contributed by atoms with Gasteiger partial charge in [0.15, 0.2) is 5.60 Å². The normalized spacial score (nSPS) is 23.6. The first-order chi connectivity index (χ1) is 17.2. The molecule has 186 valence electrons. The first-order valence-electron chi connectivity index (χ1n) is 13.3. The molecule has 5 heteroatoms. The minimum Gasteiger partial charge on any atom is -0.489 e. The predicted molar refractivity (Wildman–Crippen MR) is 137 cm³/mol.